The van der Waals surface area contributed by atoms with Gasteiger partial charge in [-0.25, -0.2) is 4.79 Å². The van der Waals surface area contributed by atoms with E-state index in [4.69, 9.17) is 10.2 Å². The molecule has 0 saturated heterocycles. The molecular formula is C16H15N3O2. The molecule has 3 aromatic rings. The van der Waals surface area contributed by atoms with Gasteiger partial charge in [-0.3, -0.25) is 0 Å². The number of furan rings is 1. The van der Waals surface area contributed by atoms with Crippen LogP contribution >= 0.6 is 0 Å². The van der Waals surface area contributed by atoms with E-state index < -0.39 is 6.03 Å². The number of primary amides is 1. The van der Waals surface area contributed by atoms with E-state index in [-0.39, 0.29) is 0 Å². The Bertz CT molecular complexity index is 763. The molecule has 0 aliphatic heterocycles. The van der Waals surface area contributed by atoms with Crippen LogP contribution in [0.4, 0.5) is 16.2 Å². The summed E-state index contributed by atoms with van der Waals surface area (Å²) < 4.78 is 5.50. The topological polar surface area (TPSA) is 80.3 Å². The summed E-state index contributed by atoms with van der Waals surface area (Å²) in [6, 6.07) is 14.7. The number of nitrogens with one attached hydrogen (secondary N) is 2. The predicted molar refractivity (Wildman–Crippen MR) is 83.2 cm³/mol. The van der Waals surface area contributed by atoms with Gasteiger partial charge in [0.2, 0.25) is 0 Å². The van der Waals surface area contributed by atoms with E-state index in [1.54, 1.807) is 18.4 Å². The lowest BCUT2D eigenvalue weighted by molar-refractivity contribution is 0.259. The molecular weight excluding hydrogens is 266 g/mol. The van der Waals surface area contributed by atoms with Crippen LogP contribution in [0.3, 0.4) is 0 Å². The zero-order valence-corrected chi connectivity index (χ0v) is 11.3. The minimum atomic E-state index is -0.569. The Labute approximate surface area is 121 Å². The third-order valence-electron chi connectivity index (χ3n) is 3.20. The maximum absolute atomic E-state index is 10.7. The number of anilines is 2. The highest BCUT2D eigenvalue weighted by Gasteiger charge is 2.04. The molecule has 1 aromatic heterocycles. The lowest BCUT2D eigenvalue weighted by atomic mass is 10.2. The van der Waals surface area contributed by atoms with E-state index in [9.17, 15) is 4.79 Å². The van der Waals surface area contributed by atoms with Crippen molar-refractivity contribution in [2.24, 2.45) is 5.73 Å². The fourth-order valence-electron chi connectivity index (χ4n) is 2.18. The Morgan fingerprint density at radius 2 is 1.76 bits per heavy atom. The largest absolute Gasteiger partial charge is 0.464 e. The Morgan fingerprint density at radius 3 is 2.52 bits per heavy atom. The van der Waals surface area contributed by atoms with Crippen LogP contribution in [0.2, 0.25) is 0 Å². The van der Waals surface area contributed by atoms with E-state index in [0.29, 0.717) is 12.2 Å². The van der Waals surface area contributed by atoms with Gasteiger partial charge >= 0.3 is 6.03 Å². The molecule has 0 fully saturated rings. The monoisotopic (exact) mass is 281 g/mol. The fourth-order valence-corrected chi connectivity index (χ4v) is 2.18. The third-order valence-corrected chi connectivity index (χ3v) is 3.20. The molecule has 3 rings (SSSR count). The third kappa shape index (κ3) is 2.97. The molecule has 0 aliphatic rings. The zero-order chi connectivity index (χ0) is 14.7. The molecule has 1 heterocycles. The van der Waals surface area contributed by atoms with Crippen molar-refractivity contribution < 1.29 is 9.21 Å². The van der Waals surface area contributed by atoms with Crippen LogP contribution in [0.25, 0.3) is 11.0 Å². The molecule has 2 aromatic carbocycles. The summed E-state index contributed by atoms with van der Waals surface area (Å²) in [5.74, 6) is 0. The summed E-state index contributed by atoms with van der Waals surface area (Å²) in [6.07, 6.45) is 1.76. The van der Waals surface area contributed by atoms with E-state index in [1.165, 1.54) is 0 Å². The SMILES string of the molecule is NC(=O)Nc1ccc(NCc2coc3ccccc23)cc1. The van der Waals surface area contributed by atoms with Gasteiger partial charge in [0, 0.05) is 28.9 Å². The molecule has 0 radical (unpaired) electrons. The molecule has 5 nitrogen and oxygen atoms in total. The van der Waals surface area contributed by atoms with Crippen LogP contribution in [-0.2, 0) is 6.54 Å². The number of carbonyl (C=O) groups is 1. The molecule has 0 saturated carbocycles. The first-order chi connectivity index (χ1) is 10.2. The molecule has 5 heteroatoms. The number of fused-ring (bicyclic) bond motifs is 1. The molecule has 4 N–H and O–H groups in total. The smallest absolute Gasteiger partial charge is 0.316 e. The predicted octanol–water partition coefficient (Wildman–Crippen LogP) is 3.54. The number of carbonyl (C=O) groups excluding carboxylic acids is 1. The first kappa shape index (κ1) is 13.1. The number of hydrogen-bond acceptors (Lipinski definition) is 3. The summed E-state index contributed by atoms with van der Waals surface area (Å²) in [6.45, 7) is 0.666. The van der Waals surface area contributed by atoms with Crippen LogP contribution in [-0.4, -0.2) is 6.03 Å². The van der Waals surface area contributed by atoms with Crippen molar-refractivity contribution >= 4 is 28.4 Å². The van der Waals surface area contributed by atoms with Gasteiger partial charge in [-0.2, -0.15) is 0 Å². The van der Waals surface area contributed by atoms with E-state index in [1.807, 2.05) is 36.4 Å². The average molecular weight is 281 g/mol. The van der Waals surface area contributed by atoms with Crippen molar-refractivity contribution in [3.8, 4) is 0 Å². The number of hydrogen-bond donors (Lipinski definition) is 3. The molecule has 0 spiro atoms. The molecule has 0 atom stereocenters. The standard InChI is InChI=1S/C16H15N3O2/c17-16(20)19-13-7-5-12(6-8-13)18-9-11-10-21-15-4-2-1-3-14(11)15/h1-8,10,18H,9H2,(H3,17,19,20). The summed E-state index contributed by atoms with van der Waals surface area (Å²) >= 11 is 0. The van der Waals surface area contributed by atoms with E-state index >= 15 is 0 Å². The zero-order valence-electron chi connectivity index (χ0n) is 11.3. The lowest BCUT2D eigenvalue weighted by Crippen LogP contribution is -2.19. The van der Waals surface area contributed by atoms with E-state index in [0.717, 1.165) is 22.2 Å². The van der Waals surface area contributed by atoms with Crippen molar-refractivity contribution in [1.29, 1.82) is 0 Å². The summed E-state index contributed by atoms with van der Waals surface area (Å²) in [7, 11) is 0. The maximum atomic E-state index is 10.7. The van der Waals surface area contributed by atoms with Crippen molar-refractivity contribution in [3.63, 3.8) is 0 Å². The van der Waals surface area contributed by atoms with Crippen LogP contribution in [0.5, 0.6) is 0 Å². The molecule has 0 aliphatic carbocycles. The van der Waals surface area contributed by atoms with Crippen molar-refractivity contribution in [2.75, 3.05) is 10.6 Å². The van der Waals surface area contributed by atoms with Gasteiger partial charge in [0.05, 0.1) is 6.26 Å². The number of rotatable bonds is 4. The van der Waals surface area contributed by atoms with Crippen LogP contribution in [0.1, 0.15) is 5.56 Å². The quantitative estimate of drug-likeness (QED) is 0.684. The Morgan fingerprint density at radius 1 is 1.05 bits per heavy atom. The number of amides is 2. The second-order valence-corrected chi connectivity index (χ2v) is 4.68. The van der Waals surface area contributed by atoms with Crippen molar-refractivity contribution in [1.82, 2.24) is 0 Å². The summed E-state index contributed by atoms with van der Waals surface area (Å²) in [5.41, 5.74) is 8.67. The van der Waals surface area contributed by atoms with E-state index in [2.05, 4.69) is 10.6 Å². The van der Waals surface area contributed by atoms with Gasteiger partial charge < -0.3 is 20.8 Å². The molecule has 106 valence electrons. The first-order valence-electron chi connectivity index (χ1n) is 6.58. The first-order valence-corrected chi connectivity index (χ1v) is 6.58. The van der Waals surface area contributed by atoms with Crippen molar-refractivity contribution in [3.05, 3.63) is 60.4 Å². The second-order valence-electron chi connectivity index (χ2n) is 4.68. The minimum Gasteiger partial charge on any atom is -0.464 e. The number of benzene rings is 2. The summed E-state index contributed by atoms with van der Waals surface area (Å²) in [4.78, 5) is 10.7. The molecule has 0 unspecified atom stereocenters. The molecule has 2 amide bonds. The van der Waals surface area contributed by atoms with Gasteiger partial charge in [-0.15, -0.1) is 0 Å². The number of urea groups is 1. The number of para-hydroxylation sites is 1. The molecule has 21 heavy (non-hydrogen) atoms. The fraction of sp³-hybridized carbons (Fsp3) is 0.0625. The highest BCUT2D eigenvalue weighted by molar-refractivity contribution is 5.88. The molecule has 0 bridgehead atoms. The normalized spacial score (nSPS) is 10.5. The van der Waals surface area contributed by atoms with Crippen LogP contribution in [0.15, 0.2) is 59.2 Å². The minimum absolute atomic E-state index is 0.569. The van der Waals surface area contributed by atoms with Crippen molar-refractivity contribution in [2.45, 2.75) is 6.54 Å². The highest BCUT2D eigenvalue weighted by atomic mass is 16.3. The second kappa shape index (κ2) is 5.58. The van der Waals surface area contributed by atoms with Crippen LogP contribution < -0.4 is 16.4 Å². The van der Waals surface area contributed by atoms with Gasteiger partial charge in [-0.05, 0) is 30.3 Å². The van der Waals surface area contributed by atoms with Gasteiger partial charge in [0.25, 0.3) is 0 Å². The van der Waals surface area contributed by atoms with Gasteiger partial charge in [0.1, 0.15) is 5.58 Å². The van der Waals surface area contributed by atoms with Gasteiger partial charge in [-0.1, -0.05) is 18.2 Å². The van der Waals surface area contributed by atoms with Gasteiger partial charge in [0.15, 0.2) is 0 Å². The summed E-state index contributed by atoms with van der Waals surface area (Å²) in [5, 5.41) is 6.95. The Balaban J connectivity index is 1.68. The Kier molecular flexibility index (Phi) is 3.47. The highest BCUT2D eigenvalue weighted by Crippen LogP contribution is 2.22. The Hall–Kier alpha value is -2.95. The van der Waals surface area contributed by atoms with Crippen LogP contribution in [0, 0.1) is 0 Å². The average Bonchev–Trinajstić information content (AvgIpc) is 2.89. The lowest BCUT2D eigenvalue weighted by Gasteiger charge is -2.07. The number of nitrogens with two attached hydrogens (primary N) is 1. The maximum Gasteiger partial charge on any atom is 0.316 e.